The van der Waals surface area contributed by atoms with Gasteiger partial charge in [0.2, 0.25) is 0 Å². The van der Waals surface area contributed by atoms with Gasteiger partial charge in [0.25, 0.3) is 5.56 Å². The van der Waals surface area contributed by atoms with Crippen molar-refractivity contribution < 1.29 is 4.74 Å². The highest BCUT2D eigenvalue weighted by Gasteiger charge is 2.25. The van der Waals surface area contributed by atoms with Gasteiger partial charge in [0.15, 0.2) is 11.3 Å². The number of hydrogen-bond acceptors (Lipinski definition) is 9. The number of anilines is 1. The van der Waals surface area contributed by atoms with Gasteiger partial charge in [0, 0.05) is 37.6 Å². The highest BCUT2D eigenvalue weighted by atomic mass is 16.5. The van der Waals surface area contributed by atoms with Crippen LogP contribution in [0.25, 0.3) is 27.6 Å². The van der Waals surface area contributed by atoms with Crippen molar-refractivity contribution in [2.24, 2.45) is 0 Å². The molecule has 1 unspecified atom stereocenters. The first-order chi connectivity index (χ1) is 17.5. The third kappa shape index (κ3) is 3.88. The van der Waals surface area contributed by atoms with E-state index in [1.807, 2.05) is 26.0 Å². The van der Waals surface area contributed by atoms with Crippen molar-refractivity contribution in [3.8, 4) is 11.7 Å². The van der Waals surface area contributed by atoms with E-state index in [1.54, 1.807) is 10.8 Å². The second-order valence-electron chi connectivity index (χ2n) is 9.71. The van der Waals surface area contributed by atoms with Gasteiger partial charge >= 0.3 is 6.01 Å². The number of likely N-dealkylation sites (tertiary alicyclic amines) is 1. The molecule has 2 aliphatic heterocycles. The molecule has 2 fully saturated rings. The largest absolute Gasteiger partial charge is 0.462 e. The third-order valence-corrected chi connectivity index (χ3v) is 7.36. The lowest BCUT2D eigenvalue weighted by atomic mass is 10.1. The lowest BCUT2D eigenvalue weighted by molar-refractivity contribution is 0.188. The number of ether oxygens (including phenoxy) is 1. The summed E-state index contributed by atoms with van der Waals surface area (Å²) in [6, 6.07) is 4.49. The highest BCUT2D eigenvalue weighted by molar-refractivity contribution is 5.90. The number of rotatable bonds is 5. The molecule has 11 heteroatoms. The number of piperazine rings is 1. The summed E-state index contributed by atoms with van der Waals surface area (Å²) >= 11 is 0. The summed E-state index contributed by atoms with van der Waals surface area (Å²) in [4.78, 5) is 32.8. The van der Waals surface area contributed by atoms with Crippen LogP contribution in [-0.2, 0) is 0 Å². The minimum Gasteiger partial charge on any atom is -0.462 e. The SMILES string of the molecule is Cc1ccc2[nH]ncc2c1-n1c(C)nc2c(N3CCNCC3)nc(OCC3CCCN3C)nc2c1=O. The van der Waals surface area contributed by atoms with Gasteiger partial charge in [-0.2, -0.15) is 15.1 Å². The van der Waals surface area contributed by atoms with Crippen molar-refractivity contribution in [3.05, 3.63) is 40.1 Å². The number of nitrogens with one attached hydrogen (secondary N) is 2. The molecule has 3 aromatic heterocycles. The molecule has 0 radical (unpaired) electrons. The van der Waals surface area contributed by atoms with E-state index >= 15 is 0 Å². The van der Waals surface area contributed by atoms with E-state index in [0.717, 1.165) is 67.7 Å². The van der Waals surface area contributed by atoms with E-state index in [0.29, 0.717) is 29.8 Å². The molecule has 0 aliphatic carbocycles. The molecular formula is C25H31N9O2. The maximum atomic E-state index is 14.1. The zero-order valence-electron chi connectivity index (χ0n) is 20.9. The lowest BCUT2D eigenvalue weighted by Crippen LogP contribution is -2.44. The molecule has 2 saturated heterocycles. The Labute approximate surface area is 208 Å². The van der Waals surface area contributed by atoms with Crippen LogP contribution in [-0.4, -0.2) is 87.0 Å². The Morgan fingerprint density at radius 3 is 2.69 bits per heavy atom. The summed E-state index contributed by atoms with van der Waals surface area (Å²) < 4.78 is 7.75. The molecule has 0 bridgehead atoms. The normalized spacial score (nSPS) is 19.0. The van der Waals surface area contributed by atoms with Gasteiger partial charge < -0.3 is 19.9 Å². The first kappa shape index (κ1) is 22.9. The van der Waals surface area contributed by atoms with Gasteiger partial charge in [-0.15, -0.1) is 0 Å². The number of aromatic nitrogens is 6. The standard InChI is InChI=1S/C25H31N9O2/c1-15-6-7-19-18(13-27-31-19)22(15)34-16(2)28-20-21(24(34)35)29-25(36-14-17-5-4-10-32(17)3)30-23(20)33-11-8-26-9-12-33/h6-7,13,17,26H,4-5,8-12,14H2,1-3H3,(H,27,31). The van der Waals surface area contributed by atoms with E-state index in [1.165, 1.54) is 0 Å². The topological polar surface area (TPSA) is 117 Å². The fraction of sp³-hybridized carbons (Fsp3) is 0.480. The predicted molar refractivity (Wildman–Crippen MR) is 138 cm³/mol. The van der Waals surface area contributed by atoms with Gasteiger partial charge in [-0.05, 0) is 51.9 Å². The van der Waals surface area contributed by atoms with Crippen LogP contribution in [0.2, 0.25) is 0 Å². The molecule has 36 heavy (non-hydrogen) atoms. The number of hydrogen-bond donors (Lipinski definition) is 2. The summed E-state index contributed by atoms with van der Waals surface area (Å²) in [6.07, 6.45) is 3.98. The van der Waals surface area contributed by atoms with Crippen molar-refractivity contribution in [1.82, 2.24) is 39.9 Å². The first-order valence-corrected chi connectivity index (χ1v) is 12.5. The van der Waals surface area contributed by atoms with Crippen LogP contribution in [0.5, 0.6) is 6.01 Å². The highest BCUT2D eigenvalue weighted by Crippen LogP contribution is 2.28. The van der Waals surface area contributed by atoms with Crippen LogP contribution in [0, 0.1) is 13.8 Å². The number of aryl methyl sites for hydroxylation is 2. The number of nitrogens with zero attached hydrogens (tertiary/aromatic N) is 7. The Bertz CT molecular complexity index is 1490. The zero-order valence-corrected chi connectivity index (χ0v) is 20.9. The number of likely N-dealkylation sites (N-methyl/N-ethyl adjacent to an activating group) is 1. The monoisotopic (exact) mass is 489 g/mol. The van der Waals surface area contributed by atoms with Crippen molar-refractivity contribution in [1.29, 1.82) is 0 Å². The predicted octanol–water partition coefficient (Wildman–Crippen LogP) is 1.55. The molecule has 0 amide bonds. The number of H-pyrrole nitrogens is 1. The van der Waals surface area contributed by atoms with Gasteiger partial charge in [0.05, 0.1) is 17.4 Å². The Morgan fingerprint density at radius 2 is 1.92 bits per heavy atom. The van der Waals surface area contributed by atoms with Crippen LogP contribution < -0.4 is 20.5 Å². The third-order valence-electron chi connectivity index (χ3n) is 7.36. The Kier molecular flexibility index (Phi) is 5.81. The fourth-order valence-corrected chi connectivity index (χ4v) is 5.33. The molecule has 1 atom stereocenters. The molecule has 0 spiro atoms. The minimum atomic E-state index is -0.240. The van der Waals surface area contributed by atoms with Crippen LogP contribution in [0.4, 0.5) is 5.82 Å². The Balaban J connectivity index is 1.52. The average Bonchev–Trinajstić information content (AvgIpc) is 3.53. The second-order valence-corrected chi connectivity index (χ2v) is 9.71. The summed E-state index contributed by atoms with van der Waals surface area (Å²) in [7, 11) is 2.11. The summed E-state index contributed by atoms with van der Waals surface area (Å²) in [5, 5.41) is 11.4. The number of fused-ring (bicyclic) bond motifs is 2. The van der Waals surface area contributed by atoms with Gasteiger partial charge in [0.1, 0.15) is 17.9 Å². The quantitative estimate of drug-likeness (QED) is 0.431. The maximum absolute atomic E-state index is 14.1. The average molecular weight is 490 g/mol. The van der Waals surface area contributed by atoms with E-state index in [2.05, 4.69) is 37.3 Å². The lowest BCUT2D eigenvalue weighted by Gasteiger charge is -2.29. The van der Waals surface area contributed by atoms with Crippen LogP contribution >= 0.6 is 0 Å². The van der Waals surface area contributed by atoms with Crippen molar-refractivity contribution in [3.63, 3.8) is 0 Å². The van der Waals surface area contributed by atoms with Crippen LogP contribution in [0.1, 0.15) is 24.2 Å². The van der Waals surface area contributed by atoms with Crippen molar-refractivity contribution in [2.45, 2.75) is 32.7 Å². The minimum absolute atomic E-state index is 0.226. The number of aromatic amines is 1. The summed E-state index contributed by atoms with van der Waals surface area (Å²) in [5.41, 5.74) is 3.10. The van der Waals surface area contributed by atoms with E-state index in [9.17, 15) is 4.79 Å². The van der Waals surface area contributed by atoms with Crippen molar-refractivity contribution >= 4 is 27.8 Å². The molecule has 5 heterocycles. The first-order valence-electron chi connectivity index (χ1n) is 12.5. The van der Waals surface area contributed by atoms with E-state index in [-0.39, 0.29) is 17.1 Å². The fourth-order valence-electron chi connectivity index (χ4n) is 5.33. The molecule has 6 rings (SSSR count). The smallest absolute Gasteiger partial charge is 0.319 e. The van der Waals surface area contributed by atoms with Gasteiger partial charge in [-0.1, -0.05) is 6.07 Å². The van der Waals surface area contributed by atoms with Crippen LogP contribution in [0.15, 0.2) is 23.1 Å². The summed E-state index contributed by atoms with van der Waals surface area (Å²) in [5.74, 6) is 1.23. The Hall–Kier alpha value is -3.57. The summed E-state index contributed by atoms with van der Waals surface area (Å²) in [6.45, 7) is 8.61. The second kappa shape index (κ2) is 9.14. The molecule has 0 saturated carbocycles. The van der Waals surface area contributed by atoms with Crippen LogP contribution in [0.3, 0.4) is 0 Å². The van der Waals surface area contributed by atoms with E-state index in [4.69, 9.17) is 14.7 Å². The molecule has 188 valence electrons. The van der Waals surface area contributed by atoms with Crippen molar-refractivity contribution in [2.75, 3.05) is 51.3 Å². The molecule has 2 N–H and O–H groups in total. The van der Waals surface area contributed by atoms with Gasteiger partial charge in [-0.3, -0.25) is 14.5 Å². The zero-order chi connectivity index (χ0) is 24.8. The molecule has 11 nitrogen and oxygen atoms in total. The van der Waals surface area contributed by atoms with Gasteiger partial charge in [-0.25, -0.2) is 4.98 Å². The molecule has 1 aromatic carbocycles. The Morgan fingerprint density at radius 1 is 1.08 bits per heavy atom. The maximum Gasteiger partial charge on any atom is 0.319 e. The molecular weight excluding hydrogens is 458 g/mol. The molecule has 2 aliphatic rings. The molecule has 4 aromatic rings. The van der Waals surface area contributed by atoms with E-state index < -0.39 is 0 Å². The number of benzene rings is 1.